The number of benzene rings is 2. The molecule has 160 valence electrons. The maximum atomic E-state index is 13.3. The zero-order valence-electron chi connectivity index (χ0n) is 17.9. The van der Waals surface area contributed by atoms with E-state index in [0.29, 0.717) is 27.5 Å². The summed E-state index contributed by atoms with van der Waals surface area (Å²) in [5.74, 6) is 0.155. The average molecular weight is 437 g/mol. The van der Waals surface area contributed by atoms with Crippen LogP contribution in [0.5, 0.6) is 5.75 Å². The Morgan fingerprint density at radius 1 is 1.26 bits per heavy atom. The molecule has 7 nitrogen and oxygen atoms in total. The molecule has 0 bridgehead atoms. The minimum atomic E-state index is -0.975. The van der Waals surface area contributed by atoms with E-state index in [1.807, 2.05) is 32.0 Å². The van der Waals surface area contributed by atoms with Crippen LogP contribution in [0.15, 0.2) is 58.5 Å². The zero-order valence-corrected chi connectivity index (χ0v) is 18.7. The summed E-state index contributed by atoms with van der Waals surface area (Å²) in [6, 6.07) is 16.4. The first-order valence-corrected chi connectivity index (χ1v) is 10.8. The van der Waals surface area contributed by atoms with Crippen molar-refractivity contribution in [2.24, 2.45) is 5.92 Å². The number of carbonyl (C=O) groups is 1. The Morgan fingerprint density at radius 3 is 2.61 bits per heavy atom. The number of para-hydroxylation sites is 3. The smallest absolute Gasteiger partial charge is 0.266 e. The lowest BCUT2D eigenvalue weighted by Crippen LogP contribution is -2.49. The fourth-order valence-corrected chi connectivity index (χ4v) is 3.80. The van der Waals surface area contributed by atoms with Gasteiger partial charge in [0, 0.05) is 0 Å². The predicted octanol–water partition coefficient (Wildman–Crippen LogP) is 3.54. The molecular weight excluding hydrogens is 412 g/mol. The van der Waals surface area contributed by atoms with Gasteiger partial charge in [-0.05, 0) is 37.1 Å². The number of ether oxygens (including phenoxy) is 1. The molecule has 0 aliphatic heterocycles. The number of aromatic nitrogens is 2. The molecular formula is C23H24N4O3S. The first-order valence-electron chi connectivity index (χ1n) is 9.81. The SMILES string of the molecule is COc1ccccc1-n1c(SCC(=O)N[C@](C)(C#N)C(C)C)nc2ccccc2c1=O. The lowest BCUT2D eigenvalue weighted by atomic mass is 9.90. The lowest BCUT2D eigenvalue weighted by molar-refractivity contribution is -0.120. The van der Waals surface area contributed by atoms with Gasteiger partial charge in [-0.2, -0.15) is 5.26 Å². The van der Waals surface area contributed by atoms with Crippen molar-refractivity contribution < 1.29 is 9.53 Å². The highest BCUT2D eigenvalue weighted by Crippen LogP contribution is 2.27. The van der Waals surface area contributed by atoms with Crippen LogP contribution < -0.4 is 15.6 Å². The van der Waals surface area contributed by atoms with Crippen LogP contribution in [0.1, 0.15) is 20.8 Å². The second-order valence-corrected chi connectivity index (χ2v) is 8.47. The first-order chi connectivity index (χ1) is 14.8. The maximum Gasteiger partial charge on any atom is 0.266 e. The molecule has 0 aliphatic rings. The number of amides is 1. The molecule has 0 unspecified atom stereocenters. The van der Waals surface area contributed by atoms with Gasteiger partial charge in [-0.3, -0.25) is 14.2 Å². The Bertz CT molecular complexity index is 1220. The number of nitriles is 1. The summed E-state index contributed by atoms with van der Waals surface area (Å²) in [5.41, 5.74) is -0.135. The highest BCUT2D eigenvalue weighted by molar-refractivity contribution is 7.99. The van der Waals surface area contributed by atoms with Crippen LogP contribution in [0, 0.1) is 17.2 Å². The number of nitrogens with one attached hydrogen (secondary N) is 1. The molecule has 0 saturated carbocycles. The molecule has 3 aromatic rings. The van der Waals surface area contributed by atoms with Gasteiger partial charge >= 0.3 is 0 Å². The number of fused-ring (bicyclic) bond motifs is 1. The van der Waals surface area contributed by atoms with E-state index in [1.54, 1.807) is 37.3 Å². The van der Waals surface area contributed by atoms with Gasteiger partial charge in [-0.1, -0.05) is 49.9 Å². The summed E-state index contributed by atoms with van der Waals surface area (Å²) in [6.07, 6.45) is 0. The van der Waals surface area contributed by atoms with Gasteiger partial charge in [-0.25, -0.2) is 4.98 Å². The van der Waals surface area contributed by atoms with Crippen LogP contribution in [0.3, 0.4) is 0 Å². The van der Waals surface area contributed by atoms with Crippen LogP contribution >= 0.6 is 11.8 Å². The van der Waals surface area contributed by atoms with Crippen molar-refractivity contribution in [2.45, 2.75) is 31.5 Å². The molecule has 31 heavy (non-hydrogen) atoms. The summed E-state index contributed by atoms with van der Waals surface area (Å²) < 4.78 is 6.91. The highest BCUT2D eigenvalue weighted by Gasteiger charge is 2.30. The van der Waals surface area contributed by atoms with E-state index < -0.39 is 5.54 Å². The Morgan fingerprint density at radius 2 is 1.94 bits per heavy atom. The van der Waals surface area contributed by atoms with Gasteiger partial charge in [0.15, 0.2) is 5.16 Å². The lowest BCUT2D eigenvalue weighted by Gasteiger charge is -2.27. The Balaban J connectivity index is 2.03. The quantitative estimate of drug-likeness (QED) is 0.449. The number of nitrogens with zero attached hydrogens (tertiary/aromatic N) is 3. The predicted molar refractivity (Wildman–Crippen MR) is 122 cm³/mol. The Labute approximate surface area is 185 Å². The van der Waals surface area contributed by atoms with E-state index in [2.05, 4.69) is 16.4 Å². The van der Waals surface area contributed by atoms with Crippen molar-refractivity contribution in [3.05, 3.63) is 58.9 Å². The summed E-state index contributed by atoms with van der Waals surface area (Å²) >= 11 is 1.14. The fraction of sp³-hybridized carbons (Fsp3) is 0.304. The Kier molecular flexibility index (Phi) is 6.66. The Hall–Kier alpha value is -3.31. The van der Waals surface area contributed by atoms with E-state index in [-0.39, 0.29) is 23.1 Å². The summed E-state index contributed by atoms with van der Waals surface area (Å²) in [4.78, 5) is 30.6. The van der Waals surface area contributed by atoms with Crippen LogP contribution in [-0.2, 0) is 4.79 Å². The van der Waals surface area contributed by atoms with Crippen molar-refractivity contribution in [3.63, 3.8) is 0 Å². The third-order valence-electron chi connectivity index (χ3n) is 5.19. The van der Waals surface area contributed by atoms with Crippen LogP contribution in [0.2, 0.25) is 0 Å². The van der Waals surface area contributed by atoms with Gasteiger partial charge in [0.1, 0.15) is 11.3 Å². The summed E-state index contributed by atoms with van der Waals surface area (Å²) in [5, 5.41) is 13.1. The van der Waals surface area contributed by atoms with Crippen molar-refractivity contribution in [1.82, 2.24) is 14.9 Å². The van der Waals surface area contributed by atoms with Crippen molar-refractivity contribution >= 4 is 28.6 Å². The minimum absolute atomic E-state index is 0.00389. The van der Waals surface area contributed by atoms with Gasteiger partial charge < -0.3 is 10.1 Å². The summed E-state index contributed by atoms with van der Waals surface area (Å²) in [7, 11) is 1.53. The monoisotopic (exact) mass is 436 g/mol. The zero-order chi connectivity index (χ0) is 22.6. The summed E-state index contributed by atoms with van der Waals surface area (Å²) in [6.45, 7) is 5.45. The first kappa shape index (κ1) is 22.4. The van der Waals surface area contributed by atoms with Crippen LogP contribution in [0.4, 0.5) is 0 Å². The fourth-order valence-electron chi connectivity index (χ4n) is 2.99. The third-order valence-corrected chi connectivity index (χ3v) is 6.13. The molecule has 0 spiro atoms. The van der Waals surface area contributed by atoms with E-state index in [1.165, 1.54) is 11.7 Å². The van der Waals surface area contributed by atoms with Gasteiger partial charge in [0.2, 0.25) is 5.91 Å². The van der Waals surface area contributed by atoms with Gasteiger partial charge in [0.05, 0.1) is 35.5 Å². The molecule has 0 radical (unpaired) electrons. The largest absolute Gasteiger partial charge is 0.495 e. The normalized spacial score (nSPS) is 12.9. The molecule has 1 heterocycles. The highest BCUT2D eigenvalue weighted by atomic mass is 32.2. The number of hydrogen-bond donors (Lipinski definition) is 1. The number of thioether (sulfide) groups is 1. The van der Waals surface area contributed by atoms with E-state index >= 15 is 0 Å². The van der Waals surface area contributed by atoms with Gasteiger partial charge in [0.25, 0.3) is 5.56 Å². The number of carbonyl (C=O) groups excluding carboxylic acids is 1. The number of hydrogen-bond acceptors (Lipinski definition) is 6. The molecule has 1 aromatic heterocycles. The molecule has 0 saturated heterocycles. The second kappa shape index (κ2) is 9.23. The van der Waals surface area contributed by atoms with Crippen molar-refractivity contribution in [1.29, 1.82) is 5.26 Å². The molecule has 8 heteroatoms. The second-order valence-electron chi connectivity index (χ2n) is 7.53. The minimum Gasteiger partial charge on any atom is -0.495 e. The van der Waals surface area contributed by atoms with Crippen LogP contribution in [0.25, 0.3) is 16.6 Å². The molecule has 3 rings (SSSR count). The third kappa shape index (κ3) is 4.57. The van der Waals surface area contributed by atoms with Crippen molar-refractivity contribution in [2.75, 3.05) is 12.9 Å². The number of rotatable bonds is 7. The van der Waals surface area contributed by atoms with E-state index in [0.717, 1.165) is 11.8 Å². The number of methoxy groups -OCH3 is 1. The average Bonchev–Trinajstić information content (AvgIpc) is 2.77. The molecule has 0 fully saturated rings. The molecule has 1 N–H and O–H groups in total. The molecule has 2 aromatic carbocycles. The molecule has 1 amide bonds. The molecule has 0 aliphatic carbocycles. The van der Waals surface area contributed by atoms with E-state index in [4.69, 9.17) is 4.74 Å². The van der Waals surface area contributed by atoms with Gasteiger partial charge in [-0.15, -0.1) is 0 Å². The van der Waals surface area contributed by atoms with Crippen LogP contribution in [-0.4, -0.2) is 33.9 Å². The standard InChI is InChI=1S/C23H24N4O3S/c1-15(2)23(3,14-24)26-20(28)13-31-22-25-17-10-6-5-9-16(17)21(29)27(22)18-11-7-8-12-19(18)30-4/h5-12,15H,13H2,1-4H3,(H,26,28)/t23-/m1/s1. The maximum absolute atomic E-state index is 13.3. The van der Waals surface area contributed by atoms with E-state index in [9.17, 15) is 14.9 Å². The topological polar surface area (TPSA) is 97.0 Å². The molecule has 1 atom stereocenters. The van der Waals surface area contributed by atoms with Crippen molar-refractivity contribution in [3.8, 4) is 17.5 Å².